The Kier molecular flexibility index (Phi) is 2.89. The Morgan fingerprint density at radius 1 is 1.40 bits per heavy atom. The molecule has 0 unspecified atom stereocenters. The Morgan fingerprint density at radius 2 is 2.10 bits per heavy atom. The lowest BCUT2D eigenvalue weighted by molar-refractivity contribution is -0.0754. The van der Waals surface area contributed by atoms with E-state index in [4.69, 9.17) is 0 Å². The van der Waals surface area contributed by atoms with Crippen LogP contribution in [0, 0.1) is 5.92 Å². The first kappa shape index (κ1) is 8.68. The third-order valence-corrected chi connectivity index (χ3v) is 3.16. The Balaban J connectivity index is 2.51. The summed E-state index contributed by atoms with van der Waals surface area (Å²) >= 11 is 2.05. The van der Waals surface area contributed by atoms with Crippen LogP contribution in [0.5, 0.6) is 0 Å². The van der Waals surface area contributed by atoms with Gasteiger partial charge in [0.05, 0.1) is 0 Å². The van der Waals surface area contributed by atoms with Gasteiger partial charge in [-0.15, -0.1) is 0 Å². The molecule has 0 aromatic heterocycles. The largest absolute Gasteiger partial charge is 0.251 e. The lowest BCUT2D eigenvalue weighted by Gasteiger charge is -2.29. The van der Waals surface area contributed by atoms with Crippen LogP contribution in [0.3, 0.4) is 0 Å². The van der Waals surface area contributed by atoms with Gasteiger partial charge >= 0.3 is 0 Å². The molecule has 0 amide bonds. The lowest BCUT2D eigenvalue weighted by atomic mass is 9.87. The normalized spacial score (nSPS) is 32.1. The molecule has 0 aromatic carbocycles. The van der Waals surface area contributed by atoms with Gasteiger partial charge in [-0.3, -0.25) is 0 Å². The van der Waals surface area contributed by atoms with Gasteiger partial charge < -0.3 is 0 Å². The van der Waals surface area contributed by atoms with Crippen LogP contribution in [0.4, 0.5) is 8.78 Å². The minimum atomic E-state index is -2.36. The number of hydrogen-bond donors (Lipinski definition) is 0. The zero-order chi connectivity index (χ0) is 7.61. The molecule has 0 radical (unpaired) electrons. The highest BCUT2D eigenvalue weighted by Gasteiger charge is 2.40. The molecule has 10 heavy (non-hydrogen) atoms. The molecular formula is C7H11F2I. The first-order chi connectivity index (χ1) is 4.67. The van der Waals surface area contributed by atoms with Gasteiger partial charge in [0.25, 0.3) is 5.92 Å². The molecule has 0 aromatic rings. The molecule has 0 heterocycles. The van der Waals surface area contributed by atoms with Crippen molar-refractivity contribution in [2.45, 2.75) is 31.6 Å². The molecule has 0 saturated heterocycles. The van der Waals surface area contributed by atoms with Crippen LogP contribution in [0.25, 0.3) is 0 Å². The highest BCUT2D eigenvalue weighted by atomic mass is 127. The van der Waals surface area contributed by atoms with Crippen LogP contribution in [0.15, 0.2) is 0 Å². The zero-order valence-electron chi connectivity index (χ0n) is 5.75. The van der Waals surface area contributed by atoms with Crippen molar-refractivity contribution in [1.82, 2.24) is 0 Å². The minimum Gasteiger partial charge on any atom is -0.207 e. The zero-order valence-corrected chi connectivity index (χ0v) is 7.90. The number of rotatable bonds is 1. The van der Waals surface area contributed by atoms with E-state index in [0.29, 0.717) is 10.8 Å². The summed E-state index contributed by atoms with van der Waals surface area (Å²) in [6.07, 6.45) is 2.53. The summed E-state index contributed by atoms with van der Waals surface area (Å²) < 4.78 is 26.3. The summed E-state index contributed by atoms with van der Waals surface area (Å²) in [6, 6.07) is 0. The summed E-state index contributed by atoms with van der Waals surface area (Å²) in [4.78, 5) is 0. The van der Waals surface area contributed by atoms with Crippen LogP contribution in [0.2, 0.25) is 0 Å². The molecule has 1 saturated carbocycles. The van der Waals surface area contributed by atoms with Gasteiger partial charge in [-0.2, -0.15) is 0 Å². The summed E-state index contributed by atoms with van der Waals surface area (Å²) in [5.41, 5.74) is 0. The predicted octanol–water partition coefficient (Wildman–Crippen LogP) is 3.25. The summed E-state index contributed by atoms with van der Waals surface area (Å²) in [7, 11) is 0. The van der Waals surface area contributed by atoms with Crippen molar-refractivity contribution in [2.75, 3.05) is 4.43 Å². The summed E-state index contributed by atoms with van der Waals surface area (Å²) in [5, 5.41) is 0. The number of alkyl halides is 3. The van der Waals surface area contributed by atoms with Crippen LogP contribution in [-0.2, 0) is 0 Å². The van der Waals surface area contributed by atoms with Gasteiger partial charge in [-0.1, -0.05) is 29.0 Å². The van der Waals surface area contributed by atoms with E-state index in [-0.39, 0.29) is 12.3 Å². The van der Waals surface area contributed by atoms with E-state index in [1.165, 1.54) is 0 Å². The Labute approximate surface area is 73.5 Å². The van der Waals surface area contributed by atoms with E-state index in [1.54, 1.807) is 0 Å². The predicted molar refractivity (Wildman–Crippen MR) is 45.8 cm³/mol. The van der Waals surface area contributed by atoms with Crippen molar-refractivity contribution in [3.63, 3.8) is 0 Å². The topological polar surface area (TPSA) is 0 Å². The van der Waals surface area contributed by atoms with E-state index in [0.717, 1.165) is 12.8 Å². The quantitative estimate of drug-likeness (QED) is 0.501. The molecule has 0 aliphatic heterocycles. The van der Waals surface area contributed by atoms with E-state index in [2.05, 4.69) is 22.6 Å². The van der Waals surface area contributed by atoms with Crippen molar-refractivity contribution in [1.29, 1.82) is 0 Å². The maximum Gasteiger partial charge on any atom is 0.251 e. The fraction of sp³-hybridized carbons (Fsp3) is 1.00. The Hall–Kier alpha value is 0.590. The van der Waals surface area contributed by atoms with Gasteiger partial charge in [0.15, 0.2) is 0 Å². The molecule has 1 fully saturated rings. The van der Waals surface area contributed by atoms with Crippen LogP contribution in [-0.4, -0.2) is 10.4 Å². The van der Waals surface area contributed by atoms with E-state index in [9.17, 15) is 8.78 Å². The third kappa shape index (κ3) is 1.80. The summed E-state index contributed by atoms with van der Waals surface area (Å²) in [5.74, 6) is -2.71. The fourth-order valence-corrected chi connectivity index (χ4v) is 2.44. The first-order valence-corrected chi connectivity index (χ1v) is 5.13. The smallest absolute Gasteiger partial charge is 0.207 e. The molecule has 0 N–H and O–H groups in total. The molecule has 1 aliphatic carbocycles. The maximum atomic E-state index is 12.9. The summed E-state index contributed by atoms with van der Waals surface area (Å²) in [6.45, 7) is 0. The minimum absolute atomic E-state index is 0.112. The highest BCUT2D eigenvalue weighted by Crippen LogP contribution is 2.39. The van der Waals surface area contributed by atoms with Crippen LogP contribution < -0.4 is 0 Å². The van der Waals surface area contributed by atoms with Gasteiger partial charge in [0.1, 0.15) is 0 Å². The van der Waals surface area contributed by atoms with E-state index < -0.39 is 5.92 Å². The van der Waals surface area contributed by atoms with Gasteiger partial charge in [-0.05, 0) is 12.8 Å². The van der Waals surface area contributed by atoms with Gasteiger partial charge in [0, 0.05) is 16.8 Å². The fourth-order valence-electron chi connectivity index (χ4n) is 1.36. The lowest BCUT2D eigenvalue weighted by Crippen LogP contribution is -2.32. The Morgan fingerprint density at radius 3 is 2.50 bits per heavy atom. The SMILES string of the molecule is FC1(F)CCCC[C@@H]1CI. The first-order valence-electron chi connectivity index (χ1n) is 3.60. The maximum absolute atomic E-state index is 12.9. The molecule has 60 valence electrons. The van der Waals surface area contributed by atoms with Crippen LogP contribution >= 0.6 is 22.6 Å². The van der Waals surface area contributed by atoms with Crippen molar-refractivity contribution in [3.05, 3.63) is 0 Å². The molecule has 1 aliphatic rings. The second-order valence-corrected chi connectivity index (χ2v) is 3.74. The Bertz CT molecular complexity index is 114. The molecule has 0 nitrogen and oxygen atoms in total. The third-order valence-electron chi connectivity index (χ3n) is 2.10. The average Bonchev–Trinajstić information content (AvgIpc) is 1.87. The molecular weight excluding hydrogens is 249 g/mol. The number of halogens is 3. The molecule has 1 atom stereocenters. The molecule has 3 heteroatoms. The van der Waals surface area contributed by atoms with Gasteiger partial charge in [-0.25, -0.2) is 8.78 Å². The van der Waals surface area contributed by atoms with Crippen molar-refractivity contribution < 1.29 is 8.78 Å². The monoisotopic (exact) mass is 260 g/mol. The molecule has 0 spiro atoms. The van der Waals surface area contributed by atoms with Crippen molar-refractivity contribution >= 4 is 22.6 Å². The van der Waals surface area contributed by atoms with Crippen molar-refractivity contribution in [3.8, 4) is 0 Å². The highest BCUT2D eigenvalue weighted by molar-refractivity contribution is 14.1. The number of hydrogen-bond acceptors (Lipinski definition) is 0. The molecule has 0 bridgehead atoms. The van der Waals surface area contributed by atoms with Crippen LogP contribution in [0.1, 0.15) is 25.7 Å². The average molecular weight is 260 g/mol. The van der Waals surface area contributed by atoms with E-state index in [1.807, 2.05) is 0 Å². The standard InChI is InChI=1S/C7H11F2I/c8-7(9)4-2-1-3-6(7)5-10/h6H,1-5H2/t6-/m1/s1. The second-order valence-electron chi connectivity index (χ2n) is 2.86. The molecule has 1 rings (SSSR count). The van der Waals surface area contributed by atoms with E-state index >= 15 is 0 Å². The second kappa shape index (κ2) is 3.32. The van der Waals surface area contributed by atoms with Crippen molar-refractivity contribution in [2.24, 2.45) is 5.92 Å². The van der Waals surface area contributed by atoms with Gasteiger partial charge in [0.2, 0.25) is 0 Å².